The quantitative estimate of drug-likeness (QED) is 0.780. The molecule has 0 saturated carbocycles. The van der Waals surface area contributed by atoms with Crippen LogP contribution in [0.2, 0.25) is 0 Å². The van der Waals surface area contributed by atoms with Crippen LogP contribution < -0.4 is 4.90 Å². The maximum absolute atomic E-state index is 13.5. The number of carbonyl (C=O) groups excluding carboxylic acids is 1. The highest BCUT2D eigenvalue weighted by molar-refractivity contribution is 7.89. The number of hydrogen-bond donors (Lipinski definition) is 0. The van der Waals surface area contributed by atoms with Gasteiger partial charge in [0, 0.05) is 25.2 Å². The molecule has 0 spiro atoms. The Morgan fingerprint density at radius 3 is 2.79 bits per heavy atom. The van der Waals surface area contributed by atoms with E-state index in [1.807, 2.05) is 6.92 Å². The van der Waals surface area contributed by atoms with Crippen LogP contribution in [0.5, 0.6) is 0 Å². The van der Waals surface area contributed by atoms with Crippen LogP contribution in [0.15, 0.2) is 34.0 Å². The van der Waals surface area contributed by atoms with Gasteiger partial charge in [0.2, 0.25) is 22.3 Å². The summed E-state index contributed by atoms with van der Waals surface area (Å²) in [6.07, 6.45) is 5.23. The van der Waals surface area contributed by atoms with Gasteiger partial charge < -0.3 is 9.42 Å². The lowest BCUT2D eigenvalue weighted by atomic mass is 10.1. The number of hydrogen-bond acceptors (Lipinski definition) is 6. The number of carbonyl (C=O) groups is 1. The Labute approximate surface area is 164 Å². The molecule has 1 aromatic carbocycles. The Bertz CT molecular complexity index is 974. The van der Waals surface area contributed by atoms with Gasteiger partial charge in [-0.1, -0.05) is 18.0 Å². The summed E-state index contributed by atoms with van der Waals surface area (Å²) in [5.74, 6) is 0.370. The SMILES string of the molecule is CC(=O)N1c2ccc(S(=O)(=O)N3CCCCC[C@@H]3c3ncon3)cc2C[C@@H]1C. The van der Waals surface area contributed by atoms with Crippen LogP contribution in [0.3, 0.4) is 0 Å². The Balaban J connectivity index is 1.72. The minimum atomic E-state index is -3.73. The molecule has 2 aliphatic rings. The second kappa shape index (κ2) is 7.29. The summed E-state index contributed by atoms with van der Waals surface area (Å²) in [5, 5.41) is 3.90. The van der Waals surface area contributed by atoms with Gasteiger partial charge in [-0.05, 0) is 49.9 Å². The van der Waals surface area contributed by atoms with E-state index >= 15 is 0 Å². The van der Waals surface area contributed by atoms with E-state index in [1.165, 1.54) is 17.6 Å². The molecule has 0 bridgehead atoms. The third-order valence-electron chi connectivity index (χ3n) is 5.59. The van der Waals surface area contributed by atoms with Crippen molar-refractivity contribution in [3.05, 3.63) is 36.0 Å². The maximum Gasteiger partial charge on any atom is 0.243 e. The minimum absolute atomic E-state index is 0.0238. The molecule has 1 amide bonds. The average Bonchev–Trinajstić information content (AvgIpc) is 3.21. The van der Waals surface area contributed by atoms with Gasteiger partial charge in [0.1, 0.15) is 0 Å². The minimum Gasteiger partial charge on any atom is -0.343 e. The van der Waals surface area contributed by atoms with Gasteiger partial charge in [-0.2, -0.15) is 9.29 Å². The molecule has 4 rings (SSSR count). The molecule has 0 unspecified atom stereocenters. The Hall–Kier alpha value is -2.26. The second-order valence-corrected chi connectivity index (χ2v) is 9.39. The predicted octanol–water partition coefficient (Wildman–Crippen LogP) is 2.67. The van der Waals surface area contributed by atoms with Crippen LogP contribution >= 0.6 is 0 Å². The van der Waals surface area contributed by atoms with Crippen molar-refractivity contribution in [2.24, 2.45) is 0 Å². The lowest BCUT2D eigenvalue weighted by molar-refractivity contribution is -0.116. The highest BCUT2D eigenvalue weighted by atomic mass is 32.2. The standard InChI is InChI=1S/C19H24N4O4S/c1-13-10-15-11-16(7-8-17(15)23(13)14(2)24)28(25,26)22-9-5-3-4-6-18(22)19-20-12-27-21-19/h7-8,11-13,18H,3-6,9-10H2,1-2H3/t13-,18+/m0/s1. The molecule has 2 aliphatic heterocycles. The number of anilines is 1. The Morgan fingerprint density at radius 2 is 2.07 bits per heavy atom. The molecule has 1 fully saturated rings. The van der Waals surface area contributed by atoms with E-state index in [-0.39, 0.29) is 16.8 Å². The van der Waals surface area contributed by atoms with Crippen molar-refractivity contribution in [1.82, 2.24) is 14.4 Å². The van der Waals surface area contributed by atoms with Gasteiger partial charge in [0.25, 0.3) is 0 Å². The van der Waals surface area contributed by atoms with E-state index in [9.17, 15) is 13.2 Å². The average molecular weight is 404 g/mol. The molecule has 2 atom stereocenters. The van der Waals surface area contributed by atoms with Crippen LogP contribution in [0.25, 0.3) is 0 Å². The first-order valence-corrected chi connectivity index (χ1v) is 11.0. The molecule has 9 heteroatoms. The molecular weight excluding hydrogens is 380 g/mol. The third-order valence-corrected chi connectivity index (χ3v) is 7.50. The molecular formula is C19H24N4O4S. The molecule has 3 heterocycles. The maximum atomic E-state index is 13.5. The number of nitrogens with zero attached hydrogens (tertiary/aromatic N) is 4. The summed E-state index contributed by atoms with van der Waals surface area (Å²) in [4.78, 5) is 18.0. The van der Waals surface area contributed by atoms with Crippen molar-refractivity contribution in [3.63, 3.8) is 0 Å². The van der Waals surface area contributed by atoms with Crippen molar-refractivity contribution in [2.45, 2.75) is 62.9 Å². The molecule has 28 heavy (non-hydrogen) atoms. The van der Waals surface area contributed by atoms with Gasteiger partial charge >= 0.3 is 0 Å². The second-order valence-electron chi connectivity index (χ2n) is 7.50. The lowest BCUT2D eigenvalue weighted by Gasteiger charge is -2.27. The van der Waals surface area contributed by atoms with Crippen LogP contribution in [0.1, 0.15) is 57.0 Å². The predicted molar refractivity (Wildman–Crippen MR) is 102 cm³/mol. The molecule has 1 aromatic heterocycles. The van der Waals surface area contributed by atoms with E-state index < -0.39 is 16.1 Å². The normalized spacial score (nSPS) is 23.4. The number of rotatable bonds is 3. The van der Waals surface area contributed by atoms with E-state index in [0.29, 0.717) is 25.2 Å². The van der Waals surface area contributed by atoms with Gasteiger partial charge in [-0.25, -0.2) is 8.42 Å². The topological polar surface area (TPSA) is 96.6 Å². The largest absolute Gasteiger partial charge is 0.343 e. The summed E-state index contributed by atoms with van der Waals surface area (Å²) in [5.41, 5.74) is 1.68. The fourth-order valence-corrected chi connectivity index (χ4v) is 6.04. The van der Waals surface area contributed by atoms with Crippen LogP contribution in [0, 0.1) is 0 Å². The first-order valence-electron chi connectivity index (χ1n) is 9.60. The van der Waals surface area contributed by atoms with E-state index in [1.54, 1.807) is 23.1 Å². The van der Waals surface area contributed by atoms with Gasteiger partial charge in [0.15, 0.2) is 5.82 Å². The Kier molecular flexibility index (Phi) is 4.96. The number of fused-ring (bicyclic) bond motifs is 1. The number of sulfonamides is 1. The van der Waals surface area contributed by atoms with E-state index in [2.05, 4.69) is 10.1 Å². The third kappa shape index (κ3) is 3.22. The van der Waals surface area contributed by atoms with Crippen LogP contribution in [-0.4, -0.2) is 41.4 Å². The molecule has 2 aromatic rings. The zero-order valence-corrected chi connectivity index (χ0v) is 16.9. The van der Waals surface area contributed by atoms with Gasteiger partial charge in [0.05, 0.1) is 10.9 Å². The van der Waals surface area contributed by atoms with E-state index in [4.69, 9.17) is 4.52 Å². The van der Waals surface area contributed by atoms with Crippen molar-refractivity contribution < 1.29 is 17.7 Å². The molecule has 150 valence electrons. The molecule has 0 N–H and O–H groups in total. The number of benzene rings is 1. The highest BCUT2D eigenvalue weighted by Crippen LogP contribution is 2.37. The monoisotopic (exact) mass is 404 g/mol. The lowest BCUT2D eigenvalue weighted by Crippen LogP contribution is -2.35. The van der Waals surface area contributed by atoms with Crippen LogP contribution in [0.4, 0.5) is 5.69 Å². The highest BCUT2D eigenvalue weighted by Gasteiger charge is 2.37. The van der Waals surface area contributed by atoms with E-state index in [0.717, 1.165) is 30.5 Å². The first-order chi connectivity index (χ1) is 13.4. The number of amides is 1. The fourth-order valence-electron chi connectivity index (χ4n) is 4.34. The smallest absolute Gasteiger partial charge is 0.243 e. The summed E-state index contributed by atoms with van der Waals surface area (Å²) >= 11 is 0. The zero-order valence-electron chi connectivity index (χ0n) is 16.0. The molecule has 1 saturated heterocycles. The zero-order chi connectivity index (χ0) is 19.9. The first kappa shape index (κ1) is 19.1. The van der Waals surface area contributed by atoms with Crippen molar-refractivity contribution in [3.8, 4) is 0 Å². The summed E-state index contributed by atoms with van der Waals surface area (Å²) < 4.78 is 33.4. The summed E-state index contributed by atoms with van der Waals surface area (Å²) in [7, 11) is -3.73. The Morgan fingerprint density at radius 1 is 1.25 bits per heavy atom. The molecule has 0 radical (unpaired) electrons. The number of aromatic nitrogens is 2. The van der Waals surface area contributed by atoms with Crippen molar-refractivity contribution in [1.29, 1.82) is 0 Å². The van der Waals surface area contributed by atoms with Gasteiger partial charge in [-0.3, -0.25) is 4.79 Å². The molecule has 0 aliphatic carbocycles. The van der Waals surface area contributed by atoms with Gasteiger partial charge in [-0.15, -0.1) is 0 Å². The fraction of sp³-hybridized carbons (Fsp3) is 0.526. The van der Waals surface area contributed by atoms with Crippen molar-refractivity contribution in [2.75, 3.05) is 11.4 Å². The molecule has 8 nitrogen and oxygen atoms in total. The van der Waals surface area contributed by atoms with Crippen molar-refractivity contribution >= 4 is 21.6 Å². The summed E-state index contributed by atoms with van der Waals surface area (Å²) in [6.45, 7) is 3.92. The van der Waals surface area contributed by atoms with Crippen LogP contribution in [-0.2, 0) is 21.2 Å². The summed E-state index contributed by atoms with van der Waals surface area (Å²) in [6, 6.07) is 4.65.